The minimum absolute atomic E-state index is 0.238. The number of piperidine rings is 1. The number of nitrogens with zero attached hydrogens (tertiary/aromatic N) is 4. The quantitative estimate of drug-likeness (QED) is 0.702. The number of aromatic nitrogens is 2. The molecule has 0 aliphatic carbocycles. The van der Waals surface area contributed by atoms with Gasteiger partial charge in [0, 0.05) is 24.8 Å². The zero-order chi connectivity index (χ0) is 20.4. The summed E-state index contributed by atoms with van der Waals surface area (Å²) in [5.41, 5.74) is 2.60. The van der Waals surface area contributed by atoms with Gasteiger partial charge in [-0.25, -0.2) is 8.42 Å². The lowest BCUT2D eigenvalue weighted by Gasteiger charge is -2.28. The fraction of sp³-hybridized carbons (Fsp3) is 0.429. The average Bonchev–Trinajstić information content (AvgIpc) is 3.24. The van der Waals surface area contributed by atoms with Gasteiger partial charge in [0.1, 0.15) is 6.29 Å². The van der Waals surface area contributed by atoms with Crippen molar-refractivity contribution in [1.82, 2.24) is 19.0 Å². The number of likely N-dealkylation sites (tertiary alicyclic amines) is 1. The van der Waals surface area contributed by atoms with Crippen LogP contribution in [0.15, 0.2) is 53.2 Å². The number of benzene rings is 1. The zero-order valence-corrected chi connectivity index (χ0v) is 17.4. The molecule has 0 amide bonds. The molecule has 154 valence electrons. The topological polar surface area (TPSA) is 75.5 Å². The predicted octanol–water partition coefficient (Wildman–Crippen LogP) is 2.34. The van der Waals surface area contributed by atoms with Crippen LogP contribution in [-0.4, -0.2) is 66.9 Å². The van der Waals surface area contributed by atoms with Gasteiger partial charge in [-0.3, -0.25) is 9.48 Å². The first-order chi connectivity index (χ1) is 14.0. The van der Waals surface area contributed by atoms with Crippen LogP contribution < -0.4 is 0 Å². The predicted molar refractivity (Wildman–Crippen MR) is 111 cm³/mol. The molecule has 0 atom stereocenters. The van der Waals surface area contributed by atoms with Gasteiger partial charge in [0.05, 0.1) is 17.1 Å². The maximum Gasteiger partial charge on any atom is 0.243 e. The Hall–Kier alpha value is -2.29. The summed E-state index contributed by atoms with van der Waals surface area (Å²) in [6.07, 6.45) is 9.01. The SMILES string of the molecule is CN1CCC(n2cc(-c3ccc(S(=O)(=O)N4CC=C(C=O)CC4)cc3)cn2)CC1. The monoisotopic (exact) mass is 414 g/mol. The van der Waals surface area contributed by atoms with Gasteiger partial charge in [0.15, 0.2) is 0 Å². The lowest BCUT2D eigenvalue weighted by Crippen LogP contribution is -2.35. The van der Waals surface area contributed by atoms with Gasteiger partial charge in [-0.05, 0) is 62.7 Å². The van der Waals surface area contributed by atoms with E-state index < -0.39 is 10.0 Å². The van der Waals surface area contributed by atoms with Gasteiger partial charge in [0.2, 0.25) is 10.0 Å². The fourth-order valence-corrected chi connectivity index (χ4v) is 5.29. The molecule has 4 rings (SSSR count). The van der Waals surface area contributed by atoms with Crippen LogP contribution in [0, 0.1) is 0 Å². The van der Waals surface area contributed by atoms with E-state index in [1.165, 1.54) is 4.31 Å². The van der Waals surface area contributed by atoms with Gasteiger partial charge in [-0.2, -0.15) is 9.40 Å². The maximum atomic E-state index is 12.9. The van der Waals surface area contributed by atoms with E-state index in [1.54, 1.807) is 18.2 Å². The minimum atomic E-state index is -3.56. The summed E-state index contributed by atoms with van der Waals surface area (Å²) >= 11 is 0. The normalized spacial score (nSPS) is 19.8. The third kappa shape index (κ3) is 4.19. The Balaban J connectivity index is 1.48. The maximum absolute atomic E-state index is 12.9. The number of carbonyl (C=O) groups excluding carboxylic acids is 1. The highest BCUT2D eigenvalue weighted by molar-refractivity contribution is 7.89. The Bertz CT molecular complexity index is 1000. The van der Waals surface area contributed by atoms with Crippen molar-refractivity contribution in [3.05, 3.63) is 48.3 Å². The second kappa shape index (κ2) is 8.22. The molecule has 0 spiro atoms. The molecule has 29 heavy (non-hydrogen) atoms. The van der Waals surface area contributed by atoms with Gasteiger partial charge >= 0.3 is 0 Å². The van der Waals surface area contributed by atoms with E-state index in [2.05, 4.69) is 23.2 Å². The smallest absolute Gasteiger partial charge is 0.243 e. The highest BCUT2D eigenvalue weighted by Crippen LogP contribution is 2.27. The van der Waals surface area contributed by atoms with Crippen molar-refractivity contribution in [1.29, 1.82) is 0 Å². The number of hydrogen-bond donors (Lipinski definition) is 0. The third-order valence-electron chi connectivity index (χ3n) is 5.85. The number of carbonyl (C=O) groups is 1. The molecule has 0 bridgehead atoms. The van der Waals surface area contributed by atoms with E-state index in [4.69, 9.17) is 0 Å². The number of rotatable bonds is 5. The Morgan fingerprint density at radius 3 is 2.41 bits per heavy atom. The van der Waals surface area contributed by atoms with Crippen molar-refractivity contribution in [2.75, 3.05) is 33.2 Å². The van der Waals surface area contributed by atoms with Crippen molar-refractivity contribution in [3.63, 3.8) is 0 Å². The molecule has 2 aliphatic rings. The summed E-state index contributed by atoms with van der Waals surface area (Å²) in [6, 6.07) is 7.38. The van der Waals surface area contributed by atoms with Crippen molar-refractivity contribution >= 4 is 16.3 Å². The van der Waals surface area contributed by atoms with Crippen LogP contribution in [0.25, 0.3) is 11.1 Å². The van der Waals surface area contributed by atoms with Crippen LogP contribution in [0.3, 0.4) is 0 Å². The van der Waals surface area contributed by atoms with Crippen LogP contribution in [0.1, 0.15) is 25.3 Å². The van der Waals surface area contributed by atoms with Crippen molar-refractivity contribution < 1.29 is 13.2 Å². The van der Waals surface area contributed by atoms with Crippen LogP contribution in [-0.2, 0) is 14.8 Å². The number of aldehydes is 1. The lowest BCUT2D eigenvalue weighted by molar-refractivity contribution is -0.105. The third-order valence-corrected chi connectivity index (χ3v) is 7.73. The average molecular weight is 415 g/mol. The molecule has 8 heteroatoms. The van der Waals surface area contributed by atoms with Crippen molar-refractivity contribution in [3.8, 4) is 11.1 Å². The number of hydrogen-bond acceptors (Lipinski definition) is 5. The first-order valence-electron chi connectivity index (χ1n) is 9.95. The minimum Gasteiger partial charge on any atom is -0.306 e. The molecular weight excluding hydrogens is 388 g/mol. The Morgan fingerprint density at radius 2 is 1.79 bits per heavy atom. The summed E-state index contributed by atoms with van der Waals surface area (Å²) < 4.78 is 29.2. The van der Waals surface area contributed by atoms with E-state index in [9.17, 15) is 13.2 Å². The van der Waals surface area contributed by atoms with E-state index in [-0.39, 0.29) is 11.4 Å². The summed E-state index contributed by atoms with van der Waals surface area (Å²) in [5.74, 6) is 0. The first-order valence-corrected chi connectivity index (χ1v) is 11.4. The van der Waals surface area contributed by atoms with Crippen LogP contribution in [0.2, 0.25) is 0 Å². The Morgan fingerprint density at radius 1 is 1.07 bits per heavy atom. The first kappa shape index (κ1) is 20.0. The fourth-order valence-electron chi connectivity index (χ4n) is 3.91. The second-order valence-corrected chi connectivity index (χ2v) is 9.72. The van der Waals surface area contributed by atoms with E-state index >= 15 is 0 Å². The molecule has 0 saturated carbocycles. The van der Waals surface area contributed by atoms with Gasteiger partial charge in [0.25, 0.3) is 0 Å². The van der Waals surface area contributed by atoms with Crippen LogP contribution in [0.5, 0.6) is 0 Å². The van der Waals surface area contributed by atoms with E-state index in [0.717, 1.165) is 43.3 Å². The highest BCUT2D eigenvalue weighted by Gasteiger charge is 2.26. The van der Waals surface area contributed by atoms with Crippen molar-refractivity contribution in [2.24, 2.45) is 0 Å². The molecule has 0 N–H and O–H groups in total. The summed E-state index contributed by atoms with van der Waals surface area (Å²) in [6.45, 7) is 2.72. The molecular formula is C21H26N4O3S. The Labute approximate surface area is 171 Å². The van der Waals surface area contributed by atoms with E-state index in [1.807, 2.05) is 23.0 Å². The molecule has 0 unspecified atom stereocenters. The molecule has 0 radical (unpaired) electrons. The molecule has 1 aromatic carbocycles. The largest absolute Gasteiger partial charge is 0.306 e. The summed E-state index contributed by atoms with van der Waals surface area (Å²) in [7, 11) is -1.42. The standard InChI is InChI=1S/C21H26N4O3S/c1-23-10-8-20(9-11-23)25-15-19(14-22-25)18-2-4-21(5-3-18)29(27,28)24-12-6-17(16-26)7-13-24/h2-6,14-16,20H,7-13H2,1H3. The zero-order valence-electron chi connectivity index (χ0n) is 16.6. The lowest BCUT2D eigenvalue weighted by atomic mass is 10.1. The Kier molecular flexibility index (Phi) is 5.67. The molecule has 1 aromatic heterocycles. The molecule has 2 aromatic rings. The van der Waals surface area contributed by atoms with Crippen LogP contribution in [0.4, 0.5) is 0 Å². The molecule has 1 fully saturated rings. The van der Waals surface area contributed by atoms with Gasteiger partial charge < -0.3 is 4.90 Å². The summed E-state index contributed by atoms with van der Waals surface area (Å²) in [5, 5.41) is 4.54. The van der Waals surface area contributed by atoms with Crippen molar-refractivity contribution in [2.45, 2.75) is 30.2 Å². The second-order valence-electron chi connectivity index (χ2n) is 7.78. The summed E-state index contributed by atoms with van der Waals surface area (Å²) in [4.78, 5) is 13.4. The molecule has 7 nitrogen and oxygen atoms in total. The molecule has 1 saturated heterocycles. The van der Waals surface area contributed by atoms with Gasteiger partial charge in [-0.15, -0.1) is 0 Å². The highest BCUT2D eigenvalue weighted by atomic mass is 32.2. The molecule has 3 heterocycles. The van der Waals surface area contributed by atoms with Gasteiger partial charge in [-0.1, -0.05) is 18.2 Å². The van der Waals surface area contributed by atoms with Crippen LogP contribution >= 0.6 is 0 Å². The molecule has 2 aliphatic heterocycles. The number of sulfonamides is 1. The van der Waals surface area contributed by atoms with E-state index in [0.29, 0.717) is 24.6 Å².